The minimum Gasteiger partial charge on any atom is -0.497 e. The Kier molecular flexibility index (Phi) is 5.65. The first-order chi connectivity index (χ1) is 14.6. The van der Waals surface area contributed by atoms with Gasteiger partial charge < -0.3 is 9.72 Å². The fraction of sp³-hybridized carbons (Fsp3) is 0.292. The molecule has 0 saturated heterocycles. The van der Waals surface area contributed by atoms with Crippen molar-refractivity contribution in [2.75, 3.05) is 7.11 Å². The van der Waals surface area contributed by atoms with Gasteiger partial charge in [0.1, 0.15) is 11.4 Å². The molecule has 0 radical (unpaired) electrons. The number of pyridine rings is 1. The Hall–Kier alpha value is -3.41. The topological polar surface area (TPSA) is 72.8 Å². The summed E-state index contributed by atoms with van der Waals surface area (Å²) in [6.45, 7) is 3.94. The summed E-state index contributed by atoms with van der Waals surface area (Å²) in [7, 11) is 1.66. The summed E-state index contributed by atoms with van der Waals surface area (Å²) in [6, 6.07) is 12.0. The number of benzene rings is 1. The first-order valence-electron chi connectivity index (χ1n) is 10.2. The number of carbonyl (C=O) groups is 1. The predicted octanol–water partition coefficient (Wildman–Crippen LogP) is 4.64. The molecule has 0 amide bonds. The molecule has 0 saturated carbocycles. The van der Waals surface area contributed by atoms with E-state index in [0.717, 1.165) is 58.6 Å². The zero-order valence-corrected chi connectivity index (χ0v) is 17.6. The van der Waals surface area contributed by atoms with Crippen LogP contribution in [0.25, 0.3) is 11.0 Å². The molecule has 30 heavy (non-hydrogen) atoms. The summed E-state index contributed by atoms with van der Waals surface area (Å²) in [5.41, 5.74) is 6.16. The number of H-pyrrole nitrogens is 1. The van der Waals surface area contributed by atoms with Crippen LogP contribution in [0.2, 0.25) is 0 Å². The van der Waals surface area contributed by atoms with Gasteiger partial charge >= 0.3 is 0 Å². The first-order valence-corrected chi connectivity index (χ1v) is 10.2. The van der Waals surface area contributed by atoms with Crippen LogP contribution in [0.4, 0.5) is 0 Å². The number of nitrogens with zero attached hydrogens (tertiary/aromatic N) is 3. The summed E-state index contributed by atoms with van der Waals surface area (Å²) in [5, 5.41) is 5.65. The monoisotopic (exact) mass is 402 g/mol. The summed E-state index contributed by atoms with van der Waals surface area (Å²) >= 11 is 0. The van der Waals surface area contributed by atoms with E-state index in [1.54, 1.807) is 18.0 Å². The van der Waals surface area contributed by atoms with Crippen LogP contribution in [0.15, 0.2) is 48.8 Å². The van der Waals surface area contributed by atoms with Crippen molar-refractivity contribution in [2.45, 2.75) is 39.5 Å². The van der Waals surface area contributed by atoms with Crippen LogP contribution in [0.3, 0.4) is 0 Å². The quantitative estimate of drug-likeness (QED) is 0.489. The molecule has 0 aliphatic heterocycles. The Bertz CT molecular complexity index is 1170. The molecule has 0 spiro atoms. The van der Waals surface area contributed by atoms with Crippen molar-refractivity contribution < 1.29 is 9.53 Å². The minimum absolute atomic E-state index is 0.0379. The number of aryl methyl sites for hydroxylation is 2. The lowest BCUT2D eigenvalue weighted by Gasteiger charge is -2.06. The normalized spacial score (nSPS) is 11.2. The van der Waals surface area contributed by atoms with E-state index in [1.165, 1.54) is 5.56 Å². The van der Waals surface area contributed by atoms with E-state index in [-0.39, 0.29) is 5.91 Å². The number of rotatable bonds is 7. The van der Waals surface area contributed by atoms with Crippen molar-refractivity contribution in [1.82, 2.24) is 19.7 Å². The number of nitrogens with one attached hydrogen (secondary N) is 1. The number of aromatic nitrogens is 4. The molecule has 4 rings (SSSR count). The molecular weight excluding hydrogens is 376 g/mol. The van der Waals surface area contributed by atoms with Gasteiger partial charge in [0, 0.05) is 41.9 Å². The van der Waals surface area contributed by atoms with Gasteiger partial charge in [0.15, 0.2) is 0 Å². The van der Waals surface area contributed by atoms with Crippen molar-refractivity contribution in [3.05, 3.63) is 76.9 Å². The highest BCUT2D eigenvalue weighted by atomic mass is 16.5. The second-order valence-corrected chi connectivity index (χ2v) is 7.55. The van der Waals surface area contributed by atoms with Crippen LogP contribution < -0.4 is 4.74 Å². The Morgan fingerprint density at radius 2 is 1.97 bits per heavy atom. The standard InChI is InChI=1S/C24H26N4O2/c1-16-22(14-19-15-26-24-21(19)7-5-13-25-24)17(2)28(27-16)23(29)8-4-6-18-9-11-20(30-3)12-10-18/h5,7,9-13,15H,4,6,8,14H2,1-3H3,(H,25,26). The fourth-order valence-electron chi connectivity index (χ4n) is 3.86. The van der Waals surface area contributed by atoms with E-state index in [1.807, 2.05) is 50.4 Å². The summed E-state index contributed by atoms with van der Waals surface area (Å²) in [5.74, 6) is 0.881. The smallest absolute Gasteiger partial charge is 0.247 e. The molecule has 0 aliphatic carbocycles. The first kappa shape index (κ1) is 19.9. The van der Waals surface area contributed by atoms with E-state index in [9.17, 15) is 4.79 Å². The molecule has 0 aliphatic rings. The second kappa shape index (κ2) is 8.53. The third-order valence-corrected chi connectivity index (χ3v) is 5.60. The lowest BCUT2D eigenvalue weighted by atomic mass is 10.0. The number of fused-ring (bicyclic) bond motifs is 1. The van der Waals surface area contributed by atoms with E-state index >= 15 is 0 Å². The van der Waals surface area contributed by atoms with Crippen LogP contribution in [0, 0.1) is 13.8 Å². The Morgan fingerprint density at radius 1 is 1.17 bits per heavy atom. The molecule has 0 fully saturated rings. The van der Waals surface area contributed by atoms with Crippen LogP contribution in [-0.4, -0.2) is 32.8 Å². The number of hydrogen-bond acceptors (Lipinski definition) is 4. The van der Waals surface area contributed by atoms with Crippen molar-refractivity contribution in [3.63, 3.8) is 0 Å². The molecule has 6 heteroatoms. The molecule has 154 valence electrons. The molecular formula is C24H26N4O2. The lowest BCUT2D eigenvalue weighted by molar-refractivity contribution is 0.0881. The maximum absolute atomic E-state index is 12.8. The van der Waals surface area contributed by atoms with Gasteiger partial charge in [-0.3, -0.25) is 4.79 Å². The van der Waals surface area contributed by atoms with Gasteiger partial charge in [-0.05, 0) is 62.1 Å². The Balaban J connectivity index is 1.43. The molecule has 0 bridgehead atoms. The molecule has 3 heterocycles. The number of methoxy groups -OCH3 is 1. The van der Waals surface area contributed by atoms with Gasteiger partial charge in [-0.1, -0.05) is 12.1 Å². The second-order valence-electron chi connectivity index (χ2n) is 7.55. The summed E-state index contributed by atoms with van der Waals surface area (Å²) < 4.78 is 6.76. The highest BCUT2D eigenvalue weighted by Gasteiger charge is 2.18. The molecule has 4 aromatic rings. The van der Waals surface area contributed by atoms with Crippen molar-refractivity contribution in [2.24, 2.45) is 0 Å². The summed E-state index contributed by atoms with van der Waals surface area (Å²) in [6.07, 6.45) is 6.59. The van der Waals surface area contributed by atoms with Crippen LogP contribution >= 0.6 is 0 Å². The van der Waals surface area contributed by atoms with Gasteiger partial charge in [0.25, 0.3) is 0 Å². The van der Waals surface area contributed by atoms with Crippen LogP contribution in [-0.2, 0) is 12.8 Å². The molecule has 6 nitrogen and oxygen atoms in total. The largest absolute Gasteiger partial charge is 0.497 e. The minimum atomic E-state index is 0.0379. The molecule has 1 aromatic carbocycles. The molecule has 0 unspecified atom stereocenters. The van der Waals surface area contributed by atoms with E-state index < -0.39 is 0 Å². The maximum atomic E-state index is 12.8. The third-order valence-electron chi connectivity index (χ3n) is 5.60. The van der Waals surface area contributed by atoms with Gasteiger partial charge in [0.2, 0.25) is 5.91 Å². The highest BCUT2D eigenvalue weighted by molar-refractivity contribution is 5.81. The molecule has 3 aromatic heterocycles. The van der Waals surface area contributed by atoms with Gasteiger partial charge in [-0.25, -0.2) is 9.67 Å². The van der Waals surface area contributed by atoms with Crippen LogP contribution in [0.1, 0.15) is 45.7 Å². The van der Waals surface area contributed by atoms with Crippen molar-refractivity contribution in [1.29, 1.82) is 0 Å². The molecule has 0 atom stereocenters. The average Bonchev–Trinajstić information content (AvgIpc) is 3.30. The predicted molar refractivity (Wildman–Crippen MR) is 117 cm³/mol. The fourth-order valence-corrected chi connectivity index (χ4v) is 3.86. The van der Waals surface area contributed by atoms with Crippen LogP contribution in [0.5, 0.6) is 5.75 Å². The zero-order chi connectivity index (χ0) is 21.1. The van der Waals surface area contributed by atoms with Gasteiger partial charge in [0.05, 0.1) is 12.8 Å². The molecule has 1 N–H and O–H groups in total. The lowest BCUT2D eigenvalue weighted by Crippen LogP contribution is -2.14. The SMILES string of the molecule is COc1ccc(CCCC(=O)n2nc(C)c(Cc3c[nH]c4ncccc34)c2C)cc1. The average molecular weight is 402 g/mol. The number of aromatic amines is 1. The van der Waals surface area contributed by atoms with Crippen molar-refractivity contribution in [3.8, 4) is 5.75 Å². The Morgan fingerprint density at radius 3 is 2.73 bits per heavy atom. The number of ether oxygens (including phenoxy) is 1. The van der Waals surface area contributed by atoms with Gasteiger partial charge in [-0.15, -0.1) is 0 Å². The zero-order valence-electron chi connectivity index (χ0n) is 17.6. The third kappa shape index (κ3) is 3.99. The Labute approximate surface area is 175 Å². The summed E-state index contributed by atoms with van der Waals surface area (Å²) in [4.78, 5) is 20.4. The van der Waals surface area contributed by atoms with E-state index in [4.69, 9.17) is 4.74 Å². The van der Waals surface area contributed by atoms with Crippen molar-refractivity contribution >= 4 is 16.9 Å². The van der Waals surface area contributed by atoms with E-state index in [0.29, 0.717) is 6.42 Å². The maximum Gasteiger partial charge on any atom is 0.247 e. The number of hydrogen-bond donors (Lipinski definition) is 1. The van der Waals surface area contributed by atoms with Gasteiger partial charge in [-0.2, -0.15) is 5.10 Å². The van der Waals surface area contributed by atoms with E-state index in [2.05, 4.69) is 21.1 Å². The highest BCUT2D eigenvalue weighted by Crippen LogP contribution is 2.23. The number of carbonyl (C=O) groups excluding carboxylic acids is 1.